The molecular formula is C18H27N3O4. The number of likely N-dealkylation sites (tertiary alicyclic amines) is 1. The minimum atomic E-state index is -1.04. The van der Waals surface area contributed by atoms with Crippen molar-refractivity contribution in [1.29, 1.82) is 0 Å². The highest BCUT2D eigenvalue weighted by Gasteiger charge is 2.40. The predicted octanol–water partition coefficient (Wildman–Crippen LogP) is -0.376. The van der Waals surface area contributed by atoms with Crippen LogP contribution in [0.15, 0.2) is 30.3 Å². The Bertz CT molecular complexity index is 581. The molecule has 0 bridgehead atoms. The average Bonchev–Trinajstić information content (AvgIpc) is 2.96. The van der Waals surface area contributed by atoms with E-state index in [4.69, 9.17) is 0 Å². The Morgan fingerprint density at radius 2 is 2.00 bits per heavy atom. The molecule has 25 heavy (non-hydrogen) atoms. The lowest BCUT2D eigenvalue weighted by Gasteiger charge is -2.32. The molecule has 7 heteroatoms. The number of benzene rings is 1. The molecular weight excluding hydrogens is 322 g/mol. The topological polar surface area (TPSA) is 102 Å². The van der Waals surface area contributed by atoms with Crippen LogP contribution in [0.5, 0.6) is 0 Å². The Morgan fingerprint density at radius 1 is 1.32 bits per heavy atom. The van der Waals surface area contributed by atoms with Crippen LogP contribution in [0.2, 0.25) is 0 Å². The number of nitrogens with zero attached hydrogens (tertiary/aromatic N) is 1. The van der Waals surface area contributed by atoms with E-state index in [2.05, 4.69) is 10.6 Å². The summed E-state index contributed by atoms with van der Waals surface area (Å²) in [7, 11) is 0. The van der Waals surface area contributed by atoms with Crippen LogP contribution in [0.4, 0.5) is 0 Å². The van der Waals surface area contributed by atoms with Crippen LogP contribution in [0.1, 0.15) is 25.8 Å². The highest BCUT2D eigenvalue weighted by molar-refractivity contribution is 5.82. The van der Waals surface area contributed by atoms with Crippen molar-refractivity contribution in [2.75, 3.05) is 13.1 Å². The van der Waals surface area contributed by atoms with E-state index in [1.165, 1.54) is 6.92 Å². The summed E-state index contributed by atoms with van der Waals surface area (Å²) in [5.74, 6) is -0.475. The third-order valence-corrected chi connectivity index (χ3v) is 4.39. The average molecular weight is 349 g/mol. The van der Waals surface area contributed by atoms with Gasteiger partial charge in [0.05, 0.1) is 18.2 Å². The summed E-state index contributed by atoms with van der Waals surface area (Å²) >= 11 is 0. The Labute approximate surface area is 148 Å². The zero-order valence-electron chi connectivity index (χ0n) is 14.7. The fraction of sp³-hybridized carbons (Fsp3) is 0.556. The maximum Gasteiger partial charge on any atom is 0.237 e. The normalized spacial score (nSPS) is 23.0. The van der Waals surface area contributed by atoms with Gasteiger partial charge in [-0.3, -0.25) is 14.5 Å². The highest BCUT2D eigenvalue weighted by atomic mass is 16.3. The van der Waals surface area contributed by atoms with Crippen LogP contribution >= 0.6 is 0 Å². The monoisotopic (exact) mass is 349 g/mol. The van der Waals surface area contributed by atoms with Crippen LogP contribution in [-0.2, 0) is 16.0 Å². The van der Waals surface area contributed by atoms with Gasteiger partial charge < -0.3 is 20.8 Å². The molecule has 1 aliphatic heterocycles. The van der Waals surface area contributed by atoms with Crippen LogP contribution in [0.3, 0.4) is 0 Å². The molecule has 0 aliphatic carbocycles. The Hall–Kier alpha value is -1.96. The second-order valence-corrected chi connectivity index (χ2v) is 6.53. The van der Waals surface area contributed by atoms with Crippen molar-refractivity contribution in [3.63, 3.8) is 0 Å². The molecule has 1 aromatic carbocycles. The standard InChI is InChI=1S/C18H27N3O4/c1-12(20-13(2)22)18(25)21-11-15(23)10-16(21)17(24)19-9-8-14-6-4-3-5-7-14/h3-7,12,15-16,18,23,25H,8-11H2,1-2H3,(H,19,24)(H,20,22). The first-order valence-electron chi connectivity index (χ1n) is 8.59. The summed E-state index contributed by atoms with van der Waals surface area (Å²) in [6, 6.07) is 8.68. The van der Waals surface area contributed by atoms with Crippen molar-refractivity contribution in [1.82, 2.24) is 15.5 Å². The fourth-order valence-corrected chi connectivity index (χ4v) is 3.16. The second-order valence-electron chi connectivity index (χ2n) is 6.53. The minimum absolute atomic E-state index is 0.196. The van der Waals surface area contributed by atoms with Gasteiger partial charge in [0.2, 0.25) is 11.8 Å². The fourth-order valence-electron chi connectivity index (χ4n) is 3.16. The predicted molar refractivity (Wildman–Crippen MR) is 93.6 cm³/mol. The molecule has 0 saturated carbocycles. The zero-order valence-corrected chi connectivity index (χ0v) is 14.7. The number of nitrogens with one attached hydrogen (secondary N) is 2. The van der Waals surface area contributed by atoms with Gasteiger partial charge in [0, 0.05) is 20.0 Å². The van der Waals surface area contributed by atoms with Gasteiger partial charge in [-0.2, -0.15) is 0 Å². The third-order valence-electron chi connectivity index (χ3n) is 4.39. The number of hydrogen-bond acceptors (Lipinski definition) is 5. The Kier molecular flexibility index (Phi) is 6.92. The van der Waals surface area contributed by atoms with Crippen molar-refractivity contribution < 1.29 is 19.8 Å². The largest absolute Gasteiger partial charge is 0.392 e. The first kappa shape index (κ1) is 19.4. The molecule has 4 unspecified atom stereocenters. The summed E-state index contributed by atoms with van der Waals surface area (Å²) in [4.78, 5) is 25.2. The van der Waals surface area contributed by atoms with Crippen molar-refractivity contribution >= 4 is 11.8 Å². The van der Waals surface area contributed by atoms with E-state index in [1.54, 1.807) is 11.8 Å². The molecule has 1 heterocycles. The van der Waals surface area contributed by atoms with E-state index in [0.29, 0.717) is 13.0 Å². The van der Waals surface area contributed by atoms with Crippen molar-refractivity contribution in [2.45, 2.75) is 51.1 Å². The lowest BCUT2D eigenvalue weighted by molar-refractivity contribution is -0.131. The van der Waals surface area contributed by atoms with Gasteiger partial charge in [0.25, 0.3) is 0 Å². The summed E-state index contributed by atoms with van der Waals surface area (Å²) < 4.78 is 0. The number of carbonyl (C=O) groups excluding carboxylic acids is 2. The molecule has 7 nitrogen and oxygen atoms in total. The van der Waals surface area contributed by atoms with Crippen molar-refractivity contribution in [3.8, 4) is 0 Å². The Morgan fingerprint density at radius 3 is 2.64 bits per heavy atom. The van der Waals surface area contributed by atoms with Crippen molar-refractivity contribution in [2.24, 2.45) is 0 Å². The molecule has 138 valence electrons. The van der Waals surface area contributed by atoms with Crippen LogP contribution in [0.25, 0.3) is 0 Å². The van der Waals surface area contributed by atoms with Gasteiger partial charge in [-0.25, -0.2) is 0 Å². The van der Waals surface area contributed by atoms with Crippen LogP contribution in [-0.4, -0.2) is 64.4 Å². The summed E-state index contributed by atoms with van der Waals surface area (Å²) in [6.45, 7) is 3.72. The molecule has 4 atom stereocenters. The number of carbonyl (C=O) groups is 2. The van der Waals surface area contributed by atoms with Gasteiger partial charge in [0.1, 0.15) is 6.23 Å². The molecule has 4 N–H and O–H groups in total. The van der Waals surface area contributed by atoms with Gasteiger partial charge in [-0.1, -0.05) is 30.3 Å². The summed E-state index contributed by atoms with van der Waals surface area (Å²) in [6.07, 6.45) is -0.733. The SMILES string of the molecule is CC(=O)NC(C)C(O)N1CC(O)CC1C(=O)NCCc1ccccc1. The molecule has 1 aliphatic rings. The molecule has 1 fully saturated rings. The molecule has 2 rings (SSSR count). The minimum Gasteiger partial charge on any atom is -0.392 e. The molecule has 1 saturated heterocycles. The number of amides is 2. The van der Waals surface area contributed by atoms with E-state index in [0.717, 1.165) is 5.56 Å². The summed E-state index contributed by atoms with van der Waals surface area (Å²) in [5, 5.41) is 25.8. The molecule has 0 radical (unpaired) electrons. The molecule has 2 amide bonds. The zero-order chi connectivity index (χ0) is 18.4. The number of aliphatic hydroxyl groups is 2. The van der Waals surface area contributed by atoms with Gasteiger partial charge >= 0.3 is 0 Å². The first-order chi connectivity index (χ1) is 11.9. The maximum atomic E-state index is 12.5. The number of β-amino-alcohol motifs (C(OH)–C–C–N with tert-alkyl or cyclic N) is 1. The smallest absolute Gasteiger partial charge is 0.237 e. The molecule has 0 aromatic heterocycles. The number of hydrogen-bond donors (Lipinski definition) is 4. The lowest BCUT2D eigenvalue weighted by atomic mass is 10.1. The highest BCUT2D eigenvalue weighted by Crippen LogP contribution is 2.21. The van der Waals surface area contributed by atoms with Gasteiger partial charge in [-0.15, -0.1) is 0 Å². The first-order valence-corrected chi connectivity index (χ1v) is 8.59. The number of rotatable bonds is 7. The molecule has 1 aromatic rings. The van der Waals surface area contributed by atoms with Gasteiger partial charge in [0.15, 0.2) is 0 Å². The van der Waals surface area contributed by atoms with Crippen molar-refractivity contribution in [3.05, 3.63) is 35.9 Å². The molecule has 0 spiro atoms. The second kappa shape index (κ2) is 8.94. The van der Waals surface area contributed by atoms with E-state index in [-0.39, 0.29) is 24.8 Å². The van der Waals surface area contributed by atoms with E-state index >= 15 is 0 Å². The summed E-state index contributed by atoms with van der Waals surface area (Å²) in [5.41, 5.74) is 1.13. The quantitative estimate of drug-likeness (QED) is 0.538. The lowest BCUT2D eigenvalue weighted by Crippen LogP contribution is -2.55. The van der Waals surface area contributed by atoms with E-state index in [9.17, 15) is 19.8 Å². The Balaban J connectivity index is 1.90. The van der Waals surface area contributed by atoms with Crippen LogP contribution < -0.4 is 10.6 Å². The third kappa shape index (κ3) is 5.52. The number of aliphatic hydroxyl groups excluding tert-OH is 2. The van der Waals surface area contributed by atoms with Crippen LogP contribution in [0, 0.1) is 0 Å². The van der Waals surface area contributed by atoms with Gasteiger partial charge in [-0.05, 0) is 25.3 Å². The maximum absolute atomic E-state index is 12.5. The van der Waals surface area contributed by atoms with E-state index in [1.807, 2.05) is 30.3 Å². The van der Waals surface area contributed by atoms with E-state index < -0.39 is 24.4 Å².